The number of esters is 1. The summed E-state index contributed by atoms with van der Waals surface area (Å²) in [5.41, 5.74) is 2.06. The normalized spacial score (nSPS) is 10.1. The van der Waals surface area contributed by atoms with E-state index in [9.17, 15) is 9.59 Å². The van der Waals surface area contributed by atoms with E-state index in [4.69, 9.17) is 0 Å². The van der Waals surface area contributed by atoms with Crippen molar-refractivity contribution < 1.29 is 14.3 Å². The van der Waals surface area contributed by atoms with Gasteiger partial charge in [-0.1, -0.05) is 6.07 Å². The van der Waals surface area contributed by atoms with Crippen molar-refractivity contribution >= 4 is 17.6 Å². The zero-order chi connectivity index (χ0) is 16.5. The summed E-state index contributed by atoms with van der Waals surface area (Å²) in [6.45, 7) is 0.886. The van der Waals surface area contributed by atoms with Crippen LogP contribution >= 0.6 is 0 Å². The van der Waals surface area contributed by atoms with Crippen LogP contribution in [-0.4, -0.2) is 37.1 Å². The average molecular weight is 313 g/mol. The molecule has 23 heavy (non-hydrogen) atoms. The Morgan fingerprint density at radius 1 is 1.13 bits per heavy atom. The van der Waals surface area contributed by atoms with Crippen LogP contribution in [0, 0.1) is 0 Å². The smallest absolute Gasteiger partial charge is 0.337 e. The van der Waals surface area contributed by atoms with E-state index in [1.165, 1.54) is 7.11 Å². The maximum Gasteiger partial charge on any atom is 0.337 e. The quantitative estimate of drug-likeness (QED) is 0.600. The predicted molar refractivity (Wildman–Crippen MR) is 87.2 cm³/mol. The number of carbonyl (C=O) groups is 2. The summed E-state index contributed by atoms with van der Waals surface area (Å²) >= 11 is 0. The first-order chi connectivity index (χ1) is 11.2. The van der Waals surface area contributed by atoms with Crippen molar-refractivity contribution in [2.75, 3.05) is 25.5 Å². The summed E-state index contributed by atoms with van der Waals surface area (Å²) in [6.07, 6.45) is 2.52. The van der Waals surface area contributed by atoms with Crippen LogP contribution in [0.5, 0.6) is 0 Å². The number of anilines is 1. The van der Waals surface area contributed by atoms with Crippen LogP contribution in [0.1, 0.15) is 16.1 Å². The van der Waals surface area contributed by atoms with E-state index in [2.05, 4.69) is 20.4 Å². The molecule has 1 aromatic carbocycles. The first kappa shape index (κ1) is 16.6. The average Bonchev–Trinajstić information content (AvgIpc) is 2.59. The second kappa shape index (κ2) is 8.65. The Hall–Kier alpha value is -2.73. The molecule has 1 amide bonds. The van der Waals surface area contributed by atoms with Gasteiger partial charge in [0.2, 0.25) is 5.91 Å². The number of nitrogens with zero attached hydrogens (tertiary/aromatic N) is 1. The highest BCUT2D eigenvalue weighted by atomic mass is 16.5. The summed E-state index contributed by atoms with van der Waals surface area (Å²) < 4.78 is 4.62. The van der Waals surface area contributed by atoms with Gasteiger partial charge in [0.1, 0.15) is 0 Å². The lowest BCUT2D eigenvalue weighted by Crippen LogP contribution is -2.29. The maximum atomic E-state index is 11.8. The van der Waals surface area contributed by atoms with Crippen LogP contribution in [0.2, 0.25) is 0 Å². The van der Waals surface area contributed by atoms with Crippen molar-refractivity contribution in [3.8, 4) is 0 Å². The van der Waals surface area contributed by atoms with Gasteiger partial charge in [-0.25, -0.2) is 4.79 Å². The van der Waals surface area contributed by atoms with E-state index in [0.717, 1.165) is 12.1 Å². The number of benzene rings is 1. The molecule has 0 bridgehead atoms. The van der Waals surface area contributed by atoms with Crippen LogP contribution < -0.4 is 10.6 Å². The minimum atomic E-state index is -0.404. The van der Waals surface area contributed by atoms with E-state index >= 15 is 0 Å². The number of methoxy groups -OCH3 is 1. The molecular formula is C17H19N3O3. The van der Waals surface area contributed by atoms with Gasteiger partial charge in [-0.15, -0.1) is 0 Å². The van der Waals surface area contributed by atoms with Gasteiger partial charge < -0.3 is 15.4 Å². The van der Waals surface area contributed by atoms with Gasteiger partial charge in [0.25, 0.3) is 0 Å². The number of aromatic nitrogens is 1. The minimum absolute atomic E-state index is 0.142. The molecule has 0 aliphatic heterocycles. The summed E-state index contributed by atoms with van der Waals surface area (Å²) in [4.78, 5) is 27.3. The molecule has 0 aliphatic rings. The monoisotopic (exact) mass is 313 g/mol. The molecule has 1 heterocycles. The molecule has 6 nitrogen and oxygen atoms in total. The molecule has 120 valence electrons. The van der Waals surface area contributed by atoms with Gasteiger partial charge in [0.15, 0.2) is 0 Å². The minimum Gasteiger partial charge on any atom is -0.465 e. The summed E-state index contributed by atoms with van der Waals surface area (Å²) in [5.74, 6) is -0.545. The molecule has 0 saturated heterocycles. The molecule has 1 aromatic heterocycles. The Bertz CT molecular complexity index is 642. The topological polar surface area (TPSA) is 80.3 Å². The first-order valence-corrected chi connectivity index (χ1v) is 7.28. The SMILES string of the molecule is COC(=O)c1ccc(NC(=O)CNCCc2ccccn2)cc1. The fraction of sp³-hybridized carbons (Fsp3) is 0.235. The molecule has 2 aromatic rings. The lowest BCUT2D eigenvalue weighted by molar-refractivity contribution is -0.115. The largest absolute Gasteiger partial charge is 0.465 e. The van der Waals surface area contributed by atoms with Crippen LogP contribution in [0.3, 0.4) is 0 Å². The third-order valence-corrected chi connectivity index (χ3v) is 3.16. The third-order valence-electron chi connectivity index (χ3n) is 3.16. The van der Waals surface area contributed by atoms with Crippen molar-refractivity contribution in [2.45, 2.75) is 6.42 Å². The Morgan fingerprint density at radius 2 is 1.91 bits per heavy atom. The van der Waals surface area contributed by atoms with E-state index < -0.39 is 5.97 Å². The zero-order valence-corrected chi connectivity index (χ0v) is 12.9. The highest BCUT2D eigenvalue weighted by molar-refractivity contribution is 5.93. The summed E-state index contributed by atoms with van der Waals surface area (Å²) in [7, 11) is 1.33. The molecule has 0 saturated carbocycles. The molecule has 0 unspecified atom stereocenters. The van der Waals surface area contributed by atoms with Crippen molar-refractivity contribution in [2.24, 2.45) is 0 Å². The molecule has 0 atom stereocenters. The van der Waals surface area contributed by atoms with Crippen LogP contribution in [-0.2, 0) is 16.0 Å². The zero-order valence-electron chi connectivity index (χ0n) is 12.9. The van der Waals surface area contributed by atoms with Crippen molar-refractivity contribution in [3.63, 3.8) is 0 Å². The number of carbonyl (C=O) groups excluding carboxylic acids is 2. The Labute approximate surface area is 134 Å². The van der Waals surface area contributed by atoms with Gasteiger partial charge in [-0.3, -0.25) is 9.78 Å². The lowest BCUT2D eigenvalue weighted by Gasteiger charge is -2.07. The molecule has 2 rings (SSSR count). The standard InChI is InChI=1S/C17H19N3O3/c1-23-17(22)13-5-7-15(8-6-13)20-16(21)12-18-11-9-14-4-2-3-10-19-14/h2-8,10,18H,9,11-12H2,1H3,(H,20,21). The molecule has 6 heteroatoms. The fourth-order valence-electron chi connectivity index (χ4n) is 1.98. The van der Waals surface area contributed by atoms with Crippen molar-refractivity contribution in [1.82, 2.24) is 10.3 Å². The molecular weight excluding hydrogens is 294 g/mol. The van der Waals surface area contributed by atoms with E-state index in [-0.39, 0.29) is 12.5 Å². The third kappa shape index (κ3) is 5.52. The van der Waals surface area contributed by atoms with E-state index in [0.29, 0.717) is 17.8 Å². The number of amides is 1. The number of pyridine rings is 1. The van der Waals surface area contributed by atoms with Crippen molar-refractivity contribution in [3.05, 3.63) is 59.9 Å². The predicted octanol–water partition coefficient (Wildman–Crippen LogP) is 1.64. The highest BCUT2D eigenvalue weighted by Gasteiger charge is 2.06. The summed E-state index contributed by atoms with van der Waals surface area (Å²) in [6, 6.07) is 12.3. The number of nitrogens with one attached hydrogen (secondary N) is 2. The van der Waals surface area contributed by atoms with Crippen molar-refractivity contribution in [1.29, 1.82) is 0 Å². The van der Waals surface area contributed by atoms with E-state index in [1.54, 1.807) is 30.5 Å². The van der Waals surface area contributed by atoms with Gasteiger partial charge in [0.05, 0.1) is 19.2 Å². The van der Waals surface area contributed by atoms with Crippen LogP contribution in [0.25, 0.3) is 0 Å². The maximum absolute atomic E-state index is 11.8. The number of hydrogen-bond donors (Lipinski definition) is 2. The van der Waals surface area contributed by atoms with Gasteiger partial charge in [-0.2, -0.15) is 0 Å². The Balaban J connectivity index is 1.71. The van der Waals surface area contributed by atoms with Gasteiger partial charge in [-0.05, 0) is 36.4 Å². The Morgan fingerprint density at radius 3 is 2.57 bits per heavy atom. The number of hydrogen-bond acceptors (Lipinski definition) is 5. The first-order valence-electron chi connectivity index (χ1n) is 7.28. The molecule has 0 spiro atoms. The highest BCUT2D eigenvalue weighted by Crippen LogP contribution is 2.10. The van der Waals surface area contributed by atoms with E-state index in [1.807, 2.05) is 18.2 Å². The second-order valence-electron chi connectivity index (χ2n) is 4.86. The molecule has 0 fully saturated rings. The summed E-state index contributed by atoms with van der Waals surface area (Å²) in [5, 5.41) is 5.82. The molecule has 0 aliphatic carbocycles. The fourth-order valence-corrected chi connectivity index (χ4v) is 1.98. The number of rotatable bonds is 7. The number of ether oxygens (including phenoxy) is 1. The molecule has 2 N–H and O–H groups in total. The lowest BCUT2D eigenvalue weighted by atomic mass is 10.2. The second-order valence-corrected chi connectivity index (χ2v) is 4.86. The molecule has 0 radical (unpaired) electrons. The van der Waals surface area contributed by atoms with Crippen LogP contribution in [0.15, 0.2) is 48.7 Å². The van der Waals surface area contributed by atoms with Gasteiger partial charge in [0, 0.05) is 30.5 Å². The van der Waals surface area contributed by atoms with Gasteiger partial charge >= 0.3 is 5.97 Å². The van der Waals surface area contributed by atoms with Crippen LogP contribution in [0.4, 0.5) is 5.69 Å². The Kier molecular flexibility index (Phi) is 6.26.